The van der Waals surface area contributed by atoms with Crippen molar-refractivity contribution in [3.8, 4) is 11.4 Å². The molecular weight excluding hydrogens is 246 g/mol. The molecule has 0 aliphatic rings. The smallest absolute Gasteiger partial charge is 0.163 e. The van der Waals surface area contributed by atoms with Gasteiger partial charge < -0.3 is 4.90 Å². The van der Waals surface area contributed by atoms with Crippen LogP contribution < -0.4 is 4.90 Å². The Balaban J connectivity index is 2.44. The van der Waals surface area contributed by atoms with Crippen molar-refractivity contribution in [2.24, 2.45) is 0 Å². The fourth-order valence-electron chi connectivity index (χ4n) is 1.83. The molecule has 0 atom stereocenters. The Morgan fingerprint density at radius 2 is 1.72 bits per heavy atom. The number of anilines is 1. The first-order valence-corrected chi connectivity index (χ1v) is 6.47. The van der Waals surface area contributed by atoms with Crippen LogP contribution in [0.4, 0.5) is 5.82 Å². The third-order valence-electron chi connectivity index (χ3n) is 2.80. The number of hydrogen-bond acceptors (Lipinski definition) is 3. The van der Waals surface area contributed by atoms with Crippen molar-refractivity contribution in [1.82, 2.24) is 9.97 Å². The van der Waals surface area contributed by atoms with Crippen LogP contribution in [0, 0.1) is 0 Å². The molecule has 3 nitrogen and oxygen atoms in total. The Labute approximate surface area is 112 Å². The first-order chi connectivity index (χ1) is 8.74. The monoisotopic (exact) mass is 261 g/mol. The second kappa shape index (κ2) is 5.83. The van der Waals surface area contributed by atoms with Gasteiger partial charge in [0.05, 0.1) is 0 Å². The second-order valence-corrected chi connectivity index (χ2v) is 4.30. The minimum absolute atomic E-state index is 0.478. The molecule has 18 heavy (non-hydrogen) atoms. The van der Waals surface area contributed by atoms with E-state index in [4.69, 9.17) is 11.6 Å². The molecule has 0 amide bonds. The minimum Gasteiger partial charge on any atom is -0.357 e. The predicted molar refractivity (Wildman–Crippen MR) is 76.0 cm³/mol. The molecule has 0 fully saturated rings. The molecule has 1 aromatic heterocycles. The van der Waals surface area contributed by atoms with Gasteiger partial charge in [0.25, 0.3) is 0 Å². The van der Waals surface area contributed by atoms with Crippen molar-refractivity contribution < 1.29 is 0 Å². The second-order valence-electron chi connectivity index (χ2n) is 3.91. The van der Waals surface area contributed by atoms with Gasteiger partial charge in [-0.2, -0.15) is 0 Å². The molecule has 1 heterocycles. The summed E-state index contributed by atoms with van der Waals surface area (Å²) in [5, 5.41) is 0.478. The van der Waals surface area contributed by atoms with E-state index in [1.54, 1.807) is 6.07 Å². The molecular formula is C14H16ClN3. The van der Waals surface area contributed by atoms with E-state index in [1.165, 1.54) is 0 Å². The summed E-state index contributed by atoms with van der Waals surface area (Å²) in [4.78, 5) is 11.0. The van der Waals surface area contributed by atoms with Gasteiger partial charge in [-0.1, -0.05) is 41.9 Å². The summed E-state index contributed by atoms with van der Waals surface area (Å²) in [5.74, 6) is 1.55. The van der Waals surface area contributed by atoms with E-state index >= 15 is 0 Å². The highest BCUT2D eigenvalue weighted by molar-refractivity contribution is 6.29. The number of hydrogen-bond donors (Lipinski definition) is 0. The van der Waals surface area contributed by atoms with E-state index in [0.717, 1.165) is 24.5 Å². The van der Waals surface area contributed by atoms with Crippen molar-refractivity contribution in [3.63, 3.8) is 0 Å². The van der Waals surface area contributed by atoms with Gasteiger partial charge >= 0.3 is 0 Å². The molecule has 0 radical (unpaired) electrons. The van der Waals surface area contributed by atoms with Crippen LogP contribution >= 0.6 is 11.6 Å². The summed E-state index contributed by atoms with van der Waals surface area (Å²) >= 11 is 6.08. The topological polar surface area (TPSA) is 29.0 Å². The normalized spacial score (nSPS) is 10.4. The first kappa shape index (κ1) is 12.8. The average molecular weight is 262 g/mol. The van der Waals surface area contributed by atoms with Crippen molar-refractivity contribution in [2.45, 2.75) is 13.8 Å². The fraction of sp³-hybridized carbons (Fsp3) is 0.286. The van der Waals surface area contributed by atoms with Gasteiger partial charge in [0.15, 0.2) is 5.82 Å². The molecule has 1 aromatic carbocycles. The molecule has 0 spiro atoms. The molecule has 0 bridgehead atoms. The lowest BCUT2D eigenvalue weighted by Crippen LogP contribution is -2.23. The number of benzene rings is 1. The Kier molecular flexibility index (Phi) is 4.15. The zero-order valence-corrected chi connectivity index (χ0v) is 11.4. The molecule has 0 aliphatic heterocycles. The van der Waals surface area contributed by atoms with E-state index in [0.29, 0.717) is 11.0 Å². The molecule has 94 valence electrons. The van der Waals surface area contributed by atoms with E-state index < -0.39 is 0 Å². The third-order valence-corrected chi connectivity index (χ3v) is 2.99. The van der Waals surface area contributed by atoms with Gasteiger partial charge in [-0.15, -0.1) is 0 Å². The number of aromatic nitrogens is 2. The molecule has 0 N–H and O–H groups in total. The molecule has 2 rings (SSSR count). The Morgan fingerprint density at radius 3 is 2.33 bits per heavy atom. The van der Waals surface area contributed by atoms with Crippen LogP contribution in [0.1, 0.15) is 13.8 Å². The van der Waals surface area contributed by atoms with Crippen molar-refractivity contribution in [1.29, 1.82) is 0 Å². The van der Waals surface area contributed by atoms with Gasteiger partial charge in [0, 0.05) is 24.7 Å². The maximum absolute atomic E-state index is 6.08. The summed E-state index contributed by atoms with van der Waals surface area (Å²) in [6.07, 6.45) is 0. The van der Waals surface area contributed by atoms with Gasteiger partial charge in [-0.25, -0.2) is 9.97 Å². The number of nitrogens with zero attached hydrogens (tertiary/aromatic N) is 3. The predicted octanol–water partition coefficient (Wildman–Crippen LogP) is 3.64. The summed E-state index contributed by atoms with van der Waals surface area (Å²) in [5.41, 5.74) is 0.980. The molecule has 2 aromatic rings. The summed E-state index contributed by atoms with van der Waals surface area (Å²) in [6.45, 7) is 6.00. The van der Waals surface area contributed by atoms with Crippen LogP contribution in [0.25, 0.3) is 11.4 Å². The van der Waals surface area contributed by atoms with Crippen LogP contribution in [0.15, 0.2) is 36.4 Å². The Hall–Kier alpha value is -1.61. The van der Waals surface area contributed by atoms with Crippen LogP contribution in [-0.4, -0.2) is 23.1 Å². The fourth-order valence-corrected chi connectivity index (χ4v) is 2.01. The van der Waals surface area contributed by atoms with Crippen LogP contribution in [0.2, 0.25) is 5.15 Å². The molecule has 0 unspecified atom stereocenters. The lowest BCUT2D eigenvalue weighted by Gasteiger charge is -2.20. The van der Waals surface area contributed by atoms with E-state index in [1.807, 2.05) is 30.3 Å². The third kappa shape index (κ3) is 2.79. The SMILES string of the molecule is CCN(CC)c1cc(Cl)nc(-c2ccccc2)n1. The maximum Gasteiger partial charge on any atom is 0.163 e. The van der Waals surface area contributed by atoms with Crippen molar-refractivity contribution in [2.75, 3.05) is 18.0 Å². The van der Waals surface area contributed by atoms with Gasteiger partial charge in [0.1, 0.15) is 11.0 Å². The zero-order valence-electron chi connectivity index (χ0n) is 10.6. The summed E-state index contributed by atoms with van der Waals surface area (Å²) in [6, 6.07) is 11.7. The number of halogens is 1. The summed E-state index contributed by atoms with van der Waals surface area (Å²) < 4.78 is 0. The quantitative estimate of drug-likeness (QED) is 0.787. The Morgan fingerprint density at radius 1 is 1.06 bits per heavy atom. The van der Waals surface area contributed by atoms with Gasteiger partial charge in [-0.3, -0.25) is 0 Å². The standard InChI is InChI=1S/C14H16ClN3/c1-3-18(4-2)13-10-12(15)16-14(17-13)11-8-6-5-7-9-11/h5-10H,3-4H2,1-2H3. The highest BCUT2D eigenvalue weighted by Crippen LogP contribution is 2.22. The van der Waals surface area contributed by atoms with E-state index in [2.05, 4.69) is 28.7 Å². The highest BCUT2D eigenvalue weighted by atomic mass is 35.5. The Bertz CT molecular complexity index is 510. The largest absolute Gasteiger partial charge is 0.357 e. The lowest BCUT2D eigenvalue weighted by atomic mass is 10.2. The zero-order chi connectivity index (χ0) is 13.0. The summed E-state index contributed by atoms with van der Waals surface area (Å²) in [7, 11) is 0. The van der Waals surface area contributed by atoms with E-state index in [9.17, 15) is 0 Å². The maximum atomic E-state index is 6.08. The minimum atomic E-state index is 0.478. The van der Waals surface area contributed by atoms with Crippen molar-refractivity contribution >= 4 is 17.4 Å². The lowest BCUT2D eigenvalue weighted by molar-refractivity contribution is 0.843. The average Bonchev–Trinajstić information content (AvgIpc) is 2.40. The molecule has 4 heteroatoms. The van der Waals surface area contributed by atoms with Crippen molar-refractivity contribution in [3.05, 3.63) is 41.6 Å². The number of rotatable bonds is 4. The molecule has 0 saturated heterocycles. The van der Waals surface area contributed by atoms with Gasteiger partial charge in [0.2, 0.25) is 0 Å². The molecule has 0 saturated carbocycles. The van der Waals surface area contributed by atoms with Crippen LogP contribution in [0.5, 0.6) is 0 Å². The van der Waals surface area contributed by atoms with E-state index in [-0.39, 0.29) is 0 Å². The molecule has 0 aliphatic carbocycles. The van der Waals surface area contributed by atoms with Gasteiger partial charge in [-0.05, 0) is 13.8 Å². The first-order valence-electron chi connectivity index (χ1n) is 6.09. The highest BCUT2D eigenvalue weighted by Gasteiger charge is 2.09. The van der Waals surface area contributed by atoms with Crippen LogP contribution in [0.3, 0.4) is 0 Å². The van der Waals surface area contributed by atoms with Crippen LogP contribution in [-0.2, 0) is 0 Å².